The maximum Gasteiger partial charge on any atom is 0.343 e. The number of nitrogens with one attached hydrogen (secondary N) is 1. The van der Waals surface area contributed by atoms with Crippen molar-refractivity contribution in [2.75, 3.05) is 11.9 Å². The Bertz CT molecular complexity index is 1030. The van der Waals surface area contributed by atoms with Crippen LogP contribution in [0.5, 0.6) is 5.75 Å². The zero-order chi connectivity index (χ0) is 21.5. The molecular weight excluding hydrogens is 382 g/mol. The number of hydrogen-bond acceptors (Lipinski definition) is 5. The first-order valence-electron chi connectivity index (χ1n) is 9.26. The molecule has 0 radical (unpaired) electrons. The van der Waals surface area contributed by atoms with Crippen LogP contribution in [0.25, 0.3) is 0 Å². The Kier molecular flexibility index (Phi) is 6.56. The predicted octanol–water partition coefficient (Wildman–Crippen LogP) is 2.69. The minimum Gasteiger partial charge on any atom is -0.423 e. The Morgan fingerprint density at radius 3 is 2.03 bits per heavy atom. The highest BCUT2D eigenvalue weighted by Gasteiger charge is 2.20. The Labute approximate surface area is 173 Å². The second-order valence-electron chi connectivity index (χ2n) is 6.54. The Morgan fingerprint density at radius 1 is 0.833 bits per heavy atom. The van der Waals surface area contributed by atoms with Gasteiger partial charge in [0, 0.05) is 17.8 Å². The molecule has 0 saturated heterocycles. The van der Waals surface area contributed by atoms with Gasteiger partial charge in [0.15, 0.2) is 0 Å². The van der Waals surface area contributed by atoms with Gasteiger partial charge in [-0.05, 0) is 54.1 Å². The molecule has 0 aliphatic rings. The van der Waals surface area contributed by atoms with E-state index in [2.05, 4.69) is 5.32 Å². The quantitative estimate of drug-likeness (QED) is 0.413. The van der Waals surface area contributed by atoms with E-state index in [0.717, 1.165) is 0 Å². The fourth-order valence-electron chi connectivity index (χ4n) is 2.85. The summed E-state index contributed by atoms with van der Waals surface area (Å²) in [5, 5.41) is 2.77. The van der Waals surface area contributed by atoms with Crippen molar-refractivity contribution >= 4 is 23.5 Å². The molecule has 3 rings (SSSR count). The molecule has 0 aromatic heterocycles. The van der Waals surface area contributed by atoms with Crippen LogP contribution in [-0.2, 0) is 4.79 Å². The van der Waals surface area contributed by atoms with Crippen LogP contribution in [0.2, 0.25) is 0 Å². The van der Waals surface area contributed by atoms with E-state index in [0.29, 0.717) is 28.1 Å². The average Bonchev–Trinajstić information content (AvgIpc) is 2.76. The van der Waals surface area contributed by atoms with Gasteiger partial charge in [-0.2, -0.15) is 0 Å². The highest BCUT2D eigenvalue weighted by molar-refractivity contribution is 5.97. The lowest BCUT2D eigenvalue weighted by Gasteiger charge is -2.16. The summed E-state index contributed by atoms with van der Waals surface area (Å²) in [5.74, 6) is -1.53. The molecule has 152 valence electrons. The Balaban J connectivity index is 1.66. The molecule has 7 nitrogen and oxygen atoms in total. The molecule has 0 saturated carbocycles. The number of ether oxygens (including phenoxy) is 1. The van der Waals surface area contributed by atoms with Crippen LogP contribution in [0.1, 0.15) is 32.2 Å². The minimum absolute atomic E-state index is 0.0916. The van der Waals surface area contributed by atoms with Crippen molar-refractivity contribution in [2.45, 2.75) is 5.92 Å². The smallest absolute Gasteiger partial charge is 0.343 e. The van der Waals surface area contributed by atoms with E-state index in [-0.39, 0.29) is 12.5 Å². The number of anilines is 1. The molecule has 3 aromatic carbocycles. The Hall–Kier alpha value is -3.97. The van der Waals surface area contributed by atoms with E-state index in [1.807, 2.05) is 6.07 Å². The highest BCUT2D eigenvalue weighted by atomic mass is 16.5. The maximum absolute atomic E-state index is 12.6. The van der Waals surface area contributed by atoms with E-state index in [4.69, 9.17) is 16.2 Å². The first-order chi connectivity index (χ1) is 14.5. The van der Waals surface area contributed by atoms with E-state index in [1.54, 1.807) is 60.7 Å². The summed E-state index contributed by atoms with van der Waals surface area (Å²) >= 11 is 0. The molecule has 7 heteroatoms. The van der Waals surface area contributed by atoms with Gasteiger partial charge in [-0.1, -0.05) is 30.3 Å². The van der Waals surface area contributed by atoms with Gasteiger partial charge in [0.25, 0.3) is 0 Å². The van der Waals surface area contributed by atoms with Gasteiger partial charge in [0.05, 0.1) is 11.5 Å². The third-order valence-corrected chi connectivity index (χ3v) is 4.49. The van der Waals surface area contributed by atoms with Crippen molar-refractivity contribution in [1.29, 1.82) is 0 Å². The van der Waals surface area contributed by atoms with Gasteiger partial charge in [0.2, 0.25) is 11.8 Å². The number of esters is 1. The van der Waals surface area contributed by atoms with Crippen molar-refractivity contribution in [3.8, 4) is 5.75 Å². The summed E-state index contributed by atoms with van der Waals surface area (Å²) in [4.78, 5) is 35.9. The number of amides is 2. The SMILES string of the molecule is NCC(C(=O)Nc1ccc(C(N)=O)cc1)c1ccc(OC(=O)c2ccccc2)cc1. The van der Waals surface area contributed by atoms with Gasteiger partial charge < -0.3 is 21.5 Å². The molecule has 0 aliphatic carbocycles. The van der Waals surface area contributed by atoms with Crippen LogP contribution in [0.15, 0.2) is 78.9 Å². The lowest BCUT2D eigenvalue weighted by molar-refractivity contribution is -0.117. The number of nitrogens with two attached hydrogens (primary N) is 2. The van der Waals surface area contributed by atoms with Crippen LogP contribution in [-0.4, -0.2) is 24.3 Å². The molecular formula is C23H21N3O4. The number of carbonyl (C=O) groups excluding carboxylic acids is 3. The number of benzene rings is 3. The molecule has 30 heavy (non-hydrogen) atoms. The van der Waals surface area contributed by atoms with E-state index < -0.39 is 17.8 Å². The van der Waals surface area contributed by atoms with Crippen LogP contribution in [0, 0.1) is 0 Å². The normalized spacial score (nSPS) is 11.4. The molecule has 1 unspecified atom stereocenters. The summed E-state index contributed by atoms with van der Waals surface area (Å²) in [6.45, 7) is 0.0916. The molecule has 3 aromatic rings. The fraction of sp³-hybridized carbons (Fsp3) is 0.0870. The first-order valence-corrected chi connectivity index (χ1v) is 9.26. The van der Waals surface area contributed by atoms with Crippen LogP contribution in [0.3, 0.4) is 0 Å². The number of rotatable bonds is 7. The summed E-state index contributed by atoms with van der Waals surface area (Å²) < 4.78 is 5.35. The van der Waals surface area contributed by atoms with Crippen molar-refractivity contribution in [3.05, 3.63) is 95.6 Å². The summed E-state index contributed by atoms with van der Waals surface area (Å²) in [6.07, 6.45) is 0. The maximum atomic E-state index is 12.6. The standard InChI is InChI=1S/C23H21N3O4/c24-14-20(22(28)26-18-10-6-16(7-11-18)21(25)27)15-8-12-19(13-9-15)30-23(29)17-4-2-1-3-5-17/h1-13,20H,14,24H2,(H2,25,27)(H,26,28). The molecule has 1 atom stereocenters. The van der Waals surface area contributed by atoms with Crippen LogP contribution in [0.4, 0.5) is 5.69 Å². The van der Waals surface area contributed by atoms with Gasteiger partial charge in [0.1, 0.15) is 5.75 Å². The minimum atomic E-state index is -0.598. The van der Waals surface area contributed by atoms with Gasteiger partial charge >= 0.3 is 5.97 Å². The van der Waals surface area contributed by atoms with Gasteiger partial charge in [-0.15, -0.1) is 0 Å². The van der Waals surface area contributed by atoms with Crippen LogP contribution >= 0.6 is 0 Å². The third-order valence-electron chi connectivity index (χ3n) is 4.49. The summed E-state index contributed by atoms with van der Waals surface area (Å²) in [7, 11) is 0. The molecule has 0 aliphatic heterocycles. The monoisotopic (exact) mass is 403 g/mol. The van der Waals surface area contributed by atoms with Crippen molar-refractivity contribution in [1.82, 2.24) is 0 Å². The lowest BCUT2D eigenvalue weighted by Crippen LogP contribution is -2.27. The fourth-order valence-corrected chi connectivity index (χ4v) is 2.85. The van der Waals surface area contributed by atoms with Gasteiger partial charge in [-0.25, -0.2) is 4.79 Å². The molecule has 0 fully saturated rings. The van der Waals surface area contributed by atoms with Crippen molar-refractivity contribution in [2.24, 2.45) is 11.5 Å². The number of primary amides is 1. The number of carbonyl (C=O) groups is 3. The largest absolute Gasteiger partial charge is 0.423 e. The third kappa shape index (κ3) is 5.09. The first kappa shape index (κ1) is 20.8. The second-order valence-corrected chi connectivity index (χ2v) is 6.54. The van der Waals surface area contributed by atoms with Crippen molar-refractivity contribution < 1.29 is 19.1 Å². The highest BCUT2D eigenvalue weighted by Crippen LogP contribution is 2.22. The average molecular weight is 403 g/mol. The zero-order valence-corrected chi connectivity index (χ0v) is 16.1. The molecule has 0 heterocycles. The summed E-state index contributed by atoms with van der Waals surface area (Å²) in [6, 6.07) is 21.5. The van der Waals surface area contributed by atoms with E-state index in [9.17, 15) is 14.4 Å². The topological polar surface area (TPSA) is 125 Å². The van der Waals surface area contributed by atoms with E-state index in [1.165, 1.54) is 12.1 Å². The van der Waals surface area contributed by atoms with E-state index >= 15 is 0 Å². The molecule has 2 amide bonds. The molecule has 0 spiro atoms. The van der Waals surface area contributed by atoms with Crippen LogP contribution < -0.4 is 21.5 Å². The van der Waals surface area contributed by atoms with Gasteiger partial charge in [-0.3, -0.25) is 9.59 Å². The number of hydrogen-bond donors (Lipinski definition) is 3. The Morgan fingerprint density at radius 2 is 1.47 bits per heavy atom. The zero-order valence-electron chi connectivity index (χ0n) is 16.1. The predicted molar refractivity (Wildman–Crippen MR) is 113 cm³/mol. The molecule has 5 N–H and O–H groups in total. The van der Waals surface area contributed by atoms with Crippen molar-refractivity contribution in [3.63, 3.8) is 0 Å². The summed E-state index contributed by atoms with van der Waals surface area (Å²) in [5.41, 5.74) is 13.0. The lowest BCUT2D eigenvalue weighted by atomic mass is 9.98. The second kappa shape index (κ2) is 9.49. The molecule has 0 bridgehead atoms.